The molecule has 1 rings (SSSR count). The Bertz CT molecular complexity index is 282. The van der Waals surface area contributed by atoms with E-state index < -0.39 is 11.6 Å². The van der Waals surface area contributed by atoms with Gasteiger partial charge in [0.05, 0.1) is 13.0 Å². The first-order valence-corrected chi connectivity index (χ1v) is 4.47. The molecule has 1 fully saturated rings. The van der Waals surface area contributed by atoms with Crippen molar-refractivity contribution in [2.75, 3.05) is 6.61 Å². The summed E-state index contributed by atoms with van der Waals surface area (Å²) in [5, 5.41) is 0. The van der Waals surface area contributed by atoms with Gasteiger partial charge in [0.2, 0.25) is 0 Å². The van der Waals surface area contributed by atoms with E-state index in [1.165, 1.54) is 0 Å². The van der Waals surface area contributed by atoms with Crippen molar-refractivity contribution in [3.8, 4) is 0 Å². The fourth-order valence-electron chi connectivity index (χ4n) is 1.22. The van der Waals surface area contributed by atoms with Gasteiger partial charge in [-0.15, -0.1) is 0 Å². The van der Waals surface area contributed by atoms with Gasteiger partial charge in [-0.3, -0.25) is 4.79 Å². The first kappa shape index (κ1) is 10.8. The molecule has 1 saturated heterocycles. The molecule has 0 aliphatic carbocycles. The minimum Gasteiger partial charge on any atom is -0.465 e. The van der Waals surface area contributed by atoms with Crippen LogP contribution < -0.4 is 0 Å². The zero-order chi connectivity index (χ0) is 10.8. The molecular formula is C10H14O4. The minimum atomic E-state index is -0.731. The molecule has 78 valence electrons. The Balaban J connectivity index is 2.61. The van der Waals surface area contributed by atoms with Crippen LogP contribution in [0.2, 0.25) is 0 Å². The quantitative estimate of drug-likeness (QED) is 0.494. The fourth-order valence-corrected chi connectivity index (χ4v) is 1.22. The summed E-state index contributed by atoms with van der Waals surface area (Å²) in [7, 11) is 0. The third kappa shape index (κ3) is 2.58. The van der Waals surface area contributed by atoms with Gasteiger partial charge in [-0.2, -0.15) is 0 Å². The Morgan fingerprint density at radius 1 is 1.64 bits per heavy atom. The lowest BCUT2D eigenvalue weighted by Gasteiger charge is -2.32. The molecule has 0 amide bonds. The van der Waals surface area contributed by atoms with E-state index in [0.717, 1.165) is 0 Å². The Morgan fingerprint density at radius 3 is 2.79 bits per heavy atom. The first-order valence-electron chi connectivity index (χ1n) is 4.47. The molecule has 1 aliphatic heterocycles. The van der Waals surface area contributed by atoms with Crippen LogP contribution in [-0.2, 0) is 19.1 Å². The monoisotopic (exact) mass is 198 g/mol. The SMILES string of the molecule is C=C(C)C(=O)OC1(C)CCOC(=O)C1. The van der Waals surface area contributed by atoms with Gasteiger partial charge >= 0.3 is 11.9 Å². The van der Waals surface area contributed by atoms with Gasteiger partial charge in [0.15, 0.2) is 0 Å². The zero-order valence-electron chi connectivity index (χ0n) is 8.46. The smallest absolute Gasteiger partial charge is 0.333 e. The summed E-state index contributed by atoms with van der Waals surface area (Å²) in [6.07, 6.45) is 0.657. The predicted octanol–water partition coefficient (Wildman–Crippen LogP) is 1.20. The number of ether oxygens (including phenoxy) is 2. The fraction of sp³-hybridized carbons (Fsp3) is 0.600. The van der Waals surface area contributed by atoms with E-state index >= 15 is 0 Å². The van der Waals surface area contributed by atoms with E-state index in [4.69, 9.17) is 9.47 Å². The summed E-state index contributed by atoms with van der Waals surface area (Å²) in [6, 6.07) is 0. The number of cyclic esters (lactones) is 1. The van der Waals surface area contributed by atoms with Crippen LogP contribution in [-0.4, -0.2) is 24.1 Å². The van der Waals surface area contributed by atoms with Crippen molar-refractivity contribution < 1.29 is 19.1 Å². The predicted molar refractivity (Wildman–Crippen MR) is 49.5 cm³/mol. The van der Waals surface area contributed by atoms with Crippen LogP contribution in [0.1, 0.15) is 26.7 Å². The van der Waals surface area contributed by atoms with Gasteiger partial charge in [0.1, 0.15) is 5.60 Å². The van der Waals surface area contributed by atoms with Gasteiger partial charge in [0, 0.05) is 12.0 Å². The lowest BCUT2D eigenvalue weighted by atomic mass is 9.96. The number of esters is 2. The van der Waals surface area contributed by atoms with Crippen molar-refractivity contribution in [1.82, 2.24) is 0 Å². The normalized spacial score (nSPS) is 26.6. The number of carbonyl (C=O) groups is 2. The second-order valence-electron chi connectivity index (χ2n) is 3.77. The molecule has 0 aromatic carbocycles. The van der Waals surface area contributed by atoms with E-state index in [9.17, 15) is 9.59 Å². The van der Waals surface area contributed by atoms with Crippen molar-refractivity contribution in [3.63, 3.8) is 0 Å². The highest BCUT2D eigenvalue weighted by molar-refractivity contribution is 5.87. The van der Waals surface area contributed by atoms with Gasteiger partial charge in [-0.05, 0) is 13.8 Å². The maximum Gasteiger partial charge on any atom is 0.333 e. The number of hydrogen-bond acceptors (Lipinski definition) is 4. The topological polar surface area (TPSA) is 52.6 Å². The number of rotatable bonds is 2. The van der Waals surface area contributed by atoms with Crippen LogP contribution in [0.25, 0.3) is 0 Å². The Labute approximate surface area is 82.9 Å². The maximum atomic E-state index is 11.2. The van der Waals surface area contributed by atoms with E-state index in [2.05, 4.69) is 6.58 Å². The molecule has 0 aromatic rings. The zero-order valence-corrected chi connectivity index (χ0v) is 8.46. The second kappa shape index (κ2) is 3.82. The maximum absolute atomic E-state index is 11.2. The average Bonchev–Trinajstić information content (AvgIpc) is 2.02. The van der Waals surface area contributed by atoms with E-state index in [0.29, 0.717) is 18.6 Å². The molecule has 1 aliphatic rings. The van der Waals surface area contributed by atoms with Crippen LogP contribution in [0.15, 0.2) is 12.2 Å². The van der Waals surface area contributed by atoms with Crippen molar-refractivity contribution in [2.24, 2.45) is 0 Å². The van der Waals surface area contributed by atoms with Gasteiger partial charge in [0.25, 0.3) is 0 Å². The van der Waals surface area contributed by atoms with E-state index in [1.54, 1.807) is 13.8 Å². The summed E-state index contributed by atoms with van der Waals surface area (Å²) in [4.78, 5) is 22.2. The van der Waals surface area contributed by atoms with Crippen LogP contribution in [0.5, 0.6) is 0 Å². The molecule has 0 N–H and O–H groups in total. The van der Waals surface area contributed by atoms with Crippen LogP contribution in [0.4, 0.5) is 0 Å². The molecule has 1 atom stereocenters. The summed E-state index contributed by atoms with van der Waals surface area (Å²) in [5.41, 5.74) is -0.393. The van der Waals surface area contributed by atoms with Gasteiger partial charge < -0.3 is 9.47 Å². The number of hydrogen-bond donors (Lipinski definition) is 0. The molecule has 0 radical (unpaired) electrons. The first-order chi connectivity index (χ1) is 6.43. The Kier molecular flexibility index (Phi) is 2.93. The summed E-state index contributed by atoms with van der Waals surface area (Å²) in [6.45, 7) is 7.09. The molecule has 1 heterocycles. The largest absolute Gasteiger partial charge is 0.465 e. The summed E-state index contributed by atoms with van der Waals surface area (Å²) in [5.74, 6) is -0.782. The third-order valence-electron chi connectivity index (χ3n) is 2.10. The lowest BCUT2D eigenvalue weighted by Crippen LogP contribution is -2.40. The van der Waals surface area contributed by atoms with Crippen LogP contribution in [0.3, 0.4) is 0 Å². The highest BCUT2D eigenvalue weighted by atomic mass is 16.6. The van der Waals surface area contributed by atoms with Gasteiger partial charge in [-0.25, -0.2) is 4.79 Å². The molecule has 0 saturated carbocycles. The molecule has 14 heavy (non-hydrogen) atoms. The van der Waals surface area contributed by atoms with Crippen molar-refractivity contribution in [3.05, 3.63) is 12.2 Å². The van der Waals surface area contributed by atoms with Crippen LogP contribution in [0, 0.1) is 0 Å². The van der Waals surface area contributed by atoms with E-state index in [-0.39, 0.29) is 12.4 Å². The third-order valence-corrected chi connectivity index (χ3v) is 2.10. The molecule has 0 bridgehead atoms. The molecular weight excluding hydrogens is 184 g/mol. The van der Waals surface area contributed by atoms with Crippen molar-refractivity contribution in [1.29, 1.82) is 0 Å². The average molecular weight is 198 g/mol. The summed E-state index contributed by atoms with van der Waals surface area (Å²) >= 11 is 0. The minimum absolute atomic E-state index is 0.117. The van der Waals surface area contributed by atoms with Crippen molar-refractivity contribution >= 4 is 11.9 Å². The molecule has 4 heteroatoms. The lowest BCUT2D eigenvalue weighted by molar-refractivity contribution is -0.172. The number of carbonyl (C=O) groups excluding carboxylic acids is 2. The molecule has 0 spiro atoms. The standard InChI is InChI=1S/C10H14O4/c1-7(2)9(12)14-10(3)4-5-13-8(11)6-10/h1,4-6H2,2-3H3. The van der Waals surface area contributed by atoms with Crippen LogP contribution >= 0.6 is 0 Å². The Morgan fingerprint density at radius 2 is 2.29 bits per heavy atom. The van der Waals surface area contributed by atoms with Gasteiger partial charge in [-0.1, -0.05) is 6.58 Å². The second-order valence-corrected chi connectivity index (χ2v) is 3.77. The molecule has 0 aromatic heterocycles. The summed E-state index contributed by atoms with van der Waals surface area (Å²) < 4.78 is 9.93. The highest BCUT2D eigenvalue weighted by Gasteiger charge is 2.36. The molecule has 1 unspecified atom stereocenters. The molecule has 4 nitrogen and oxygen atoms in total. The van der Waals surface area contributed by atoms with E-state index in [1.807, 2.05) is 0 Å². The highest BCUT2D eigenvalue weighted by Crippen LogP contribution is 2.25. The van der Waals surface area contributed by atoms with Crippen molar-refractivity contribution in [2.45, 2.75) is 32.3 Å². The Hall–Kier alpha value is -1.32.